The molecule has 1 fully saturated rings. The highest BCUT2D eigenvalue weighted by Crippen LogP contribution is 2.41. The molecule has 2 nitrogen and oxygen atoms in total. The Morgan fingerprint density at radius 2 is 1.76 bits per heavy atom. The lowest BCUT2D eigenvalue weighted by Gasteiger charge is -2.36. The minimum atomic E-state index is -0.721. The van der Waals surface area contributed by atoms with Gasteiger partial charge in [-0.15, -0.1) is 0 Å². The van der Waals surface area contributed by atoms with Crippen LogP contribution in [0.15, 0.2) is 30.3 Å². The Hall–Kier alpha value is -1.31. The predicted molar refractivity (Wildman–Crippen MR) is 68.0 cm³/mol. The summed E-state index contributed by atoms with van der Waals surface area (Å²) in [7, 11) is 0. The fourth-order valence-corrected chi connectivity index (χ4v) is 3.00. The van der Waals surface area contributed by atoms with Crippen LogP contribution in [0.3, 0.4) is 0 Å². The van der Waals surface area contributed by atoms with Gasteiger partial charge in [-0.05, 0) is 31.2 Å². The van der Waals surface area contributed by atoms with Gasteiger partial charge in [0.25, 0.3) is 0 Å². The molecule has 0 heterocycles. The minimum absolute atomic E-state index is 0.274. The van der Waals surface area contributed by atoms with Crippen molar-refractivity contribution in [3.05, 3.63) is 35.9 Å². The zero-order valence-electron chi connectivity index (χ0n) is 10.4. The van der Waals surface area contributed by atoms with Crippen LogP contribution in [0.4, 0.5) is 0 Å². The summed E-state index contributed by atoms with van der Waals surface area (Å²) < 4.78 is 0. The van der Waals surface area contributed by atoms with E-state index in [1.165, 1.54) is 19.3 Å². The third-order valence-electron chi connectivity index (χ3n) is 4.24. The highest BCUT2D eigenvalue weighted by Gasteiger charge is 2.42. The summed E-state index contributed by atoms with van der Waals surface area (Å²) in [5, 5.41) is 9.64. The molecule has 92 valence electrons. The van der Waals surface area contributed by atoms with Gasteiger partial charge in [0.15, 0.2) is 0 Å². The summed E-state index contributed by atoms with van der Waals surface area (Å²) in [5.74, 6) is -0.410. The van der Waals surface area contributed by atoms with Crippen molar-refractivity contribution in [3.8, 4) is 0 Å². The van der Waals surface area contributed by atoms with Crippen LogP contribution in [-0.2, 0) is 10.2 Å². The van der Waals surface area contributed by atoms with Crippen LogP contribution in [0.2, 0.25) is 0 Å². The quantitative estimate of drug-likeness (QED) is 0.864. The molecular formula is C15H20O2. The van der Waals surface area contributed by atoms with E-state index in [0.29, 0.717) is 0 Å². The number of aliphatic carboxylic acids is 1. The van der Waals surface area contributed by atoms with E-state index in [4.69, 9.17) is 0 Å². The largest absolute Gasteiger partial charge is 0.481 e. The number of carbonyl (C=O) groups is 1. The van der Waals surface area contributed by atoms with Crippen molar-refractivity contribution in [3.63, 3.8) is 0 Å². The molecule has 1 aliphatic rings. The Labute approximate surface area is 103 Å². The van der Waals surface area contributed by atoms with Gasteiger partial charge in [0.05, 0.1) is 5.41 Å². The van der Waals surface area contributed by atoms with Crippen molar-refractivity contribution in [2.75, 3.05) is 0 Å². The average Bonchev–Trinajstić information content (AvgIpc) is 2.39. The summed E-state index contributed by atoms with van der Waals surface area (Å²) in [6.45, 7) is 1.89. The van der Waals surface area contributed by atoms with E-state index in [0.717, 1.165) is 18.4 Å². The smallest absolute Gasteiger partial charge is 0.314 e. The molecule has 1 saturated carbocycles. The number of hydrogen-bond acceptors (Lipinski definition) is 1. The number of rotatable bonds is 3. The van der Waals surface area contributed by atoms with Gasteiger partial charge in [0, 0.05) is 0 Å². The topological polar surface area (TPSA) is 37.3 Å². The van der Waals surface area contributed by atoms with Crippen molar-refractivity contribution in [1.82, 2.24) is 0 Å². The van der Waals surface area contributed by atoms with Gasteiger partial charge in [-0.3, -0.25) is 4.79 Å². The van der Waals surface area contributed by atoms with Gasteiger partial charge >= 0.3 is 5.97 Å². The van der Waals surface area contributed by atoms with Gasteiger partial charge in [-0.1, -0.05) is 49.6 Å². The fourth-order valence-electron chi connectivity index (χ4n) is 3.00. The Morgan fingerprint density at radius 1 is 1.18 bits per heavy atom. The minimum Gasteiger partial charge on any atom is -0.481 e. The Bertz CT molecular complexity index is 379. The summed E-state index contributed by atoms with van der Waals surface area (Å²) >= 11 is 0. The molecule has 1 atom stereocenters. The van der Waals surface area contributed by atoms with Gasteiger partial charge < -0.3 is 5.11 Å². The molecule has 0 spiro atoms. The molecule has 1 aromatic rings. The molecule has 2 rings (SSSR count). The van der Waals surface area contributed by atoms with Crippen LogP contribution in [0, 0.1) is 5.92 Å². The van der Waals surface area contributed by atoms with E-state index in [1.807, 2.05) is 37.3 Å². The van der Waals surface area contributed by atoms with Crippen LogP contribution in [0.5, 0.6) is 0 Å². The van der Waals surface area contributed by atoms with E-state index in [-0.39, 0.29) is 5.92 Å². The second-order valence-electron chi connectivity index (χ2n) is 5.21. The molecule has 1 N–H and O–H groups in total. The molecule has 0 radical (unpaired) electrons. The number of hydrogen-bond donors (Lipinski definition) is 1. The van der Waals surface area contributed by atoms with Crippen molar-refractivity contribution in [1.29, 1.82) is 0 Å². The highest BCUT2D eigenvalue weighted by molar-refractivity contribution is 5.81. The monoisotopic (exact) mass is 232 g/mol. The van der Waals surface area contributed by atoms with Gasteiger partial charge in [0.1, 0.15) is 0 Å². The first-order valence-corrected chi connectivity index (χ1v) is 6.44. The maximum atomic E-state index is 11.7. The highest BCUT2D eigenvalue weighted by atomic mass is 16.4. The summed E-state index contributed by atoms with van der Waals surface area (Å²) in [5.41, 5.74) is 0.223. The third kappa shape index (κ3) is 2.21. The number of carboxylic acids is 1. The molecular weight excluding hydrogens is 212 g/mol. The first-order valence-electron chi connectivity index (χ1n) is 6.44. The maximum absolute atomic E-state index is 11.7. The number of benzene rings is 1. The van der Waals surface area contributed by atoms with Crippen molar-refractivity contribution in [2.45, 2.75) is 44.4 Å². The summed E-state index contributed by atoms with van der Waals surface area (Å²) in [4.78, 5) is 11.7. The van der Waals surface area contributed by atoms with Crippen LogP contribution in [0.25, 0.3) is 0 Å². The van der Waals surface area contributed by atoms with Crippen LogP contribution < -0.4 is 0 Å². The lowest BCUT2D eigenvalue weighted by atomic mass is 9.66. The van der Waals surface area contributed by atoms with E-state index in [1.54, 1.807) is 0 Å². The fraction of sp³-hybridized carbons (Fsp3) is 0.533. The Morgan fingerprint density at radius 3 is 2.29 bits per heavy atom. The van der Waals surface area contributed by atoms with E-state index < -0.39 is 11.4 Å². The van der Waals surface area contributed by atoms with Crippen LogP contribution in [0.1, 0.15) is 44.6 Å². The Balaban J connectivity index is 2.35. The predicted octanol–water partition coefficient (Wildman–Crippen LogP) is 3.61. The molecule has 1 aliphatic carbocycles. The average molecular weight is 232 g/mol. The van der Waals surface area contributed by atoms with Gasteiger partial charge in [-0.25, -0.2) is 0 Å². The zero-order valence-corrected chi connectivity index (χ0v) is 10.4. The first kappa shape index (κ1) is 12.2. The molecule has 0 aliphatic heterocycles. The SMILES string of the molecule is CC(C(=O)O)(c1ccccc1)C1CCCCC1. The molecule has 1 unspecified atom stereocenters. The van der Waals surface area contributed by atoms with Crippen molar-refractivity contribution < 1.29 is 9.90 Å². The first-order chi connectivity index (χ1) is 8.15. The molecule has 2 heteroatoms. The van der Waals surface area contributed by atoms with E-state index in [9.17, 15) is 9.90 Å². The van der Waals surface area contributed by atoms with Gasteiger partial charge in [-0.2, -0.15) is 0 Å². The standard InChI is InChI=1S/C15H20O2/c1-15(14(16)17,12-8-4-2-5-9-12)13-10-6-3-7-11-13/h2,4-5,8-9,13H,3,6-7,10-11H2,1H3,(H,16,17). The van der Waals surface area contributed by atoms with Crippen molar-refractivity contribution in [2.24, 2.45) is 5.92 Å². The normalized spacial score (nSPS) is 20.8. The molecule has 1 aromatic carbocycles. The maximum Gasteiger partial charge on any atom is 0.314 e. The Kier molecular flexibility index (Phi) is 3.51. The van der Waals surface area contributed by atoms with Crippen LogP contribution >= 0.6 is 0 Å². The molecule has 0 aromatic heterocycles. The van der Waals surface area contributed by atoms with E-state index in [2.05, 4.69) is 0 Å². The summed E-state index contributed by atoms with van der Waals surface area (Å²) in [6.07, 6.45) is 5.66. The van der Waals surface area contributed by atoms with Crippen LogP contribution in [-0.4, -0.2) is 11.1 Å². The lowest BCUT2D eigenvalue weighted by Crippen LogP contribution is -2.41. The van der Waals surface area contributed by atoms with E-state index >= 15 is 0 Å². The summed E-state index contributed by atoms with van der Waals surface area (Å²) in [6, 6.07) is 9.69. The number of carboxylic acid groups (broad SMARTS) is 1. The molecule has 0 bridgehead atoms. The van der Waals surface area contributed by atoms with Crippen molar-refractivity contribution >= 4 is 5.97 Å². The molecule has 0 amide bonds. The van der Waals surface area contributed by atoms with Gasteiger partial charge in [0.2, 0.25) is 0 Å². The third-order valence-corrected chi connectivity index (χ3v) is 4.24. The second-order valence-corrected chi connectivity index (χ2v) is 5.21. The molecule has 17 heavy (non-hydrogen) atoms. The zero-order chi connectivity index (χ0) is 12.3. The molecule has 0 saturated heterocycles. The lowest BCUT2D eigenvalue weighted by molar-refractivity contribution is -0.146. The second kappa shape index (κ2) is 4.91.